The Hall–Kier alpha value is -3.19. The normalized spacial score (nSPS) is 12.1. The lowest BCUT2D eigenvalue weighted by Gasteiger charge is -2.15. The summed E-state index contributed by atoms with van der Waals surface area (Å²) in [6.45, 7) is 3.96. The number of aromatic nitrogens is 4. The van der Waals surface area contributed by atoms with Gasteiger partial charge in [-0.1, -0.05) is 36.4 Å². The maximum absolute atomic E-state index is 12.7. The van der Waals surface area contributed by atoms with Gasteiger partial charge >= 0.3 is 0 Å². The number of anilines is 1. The molecule has 2 heterocycles. The van der Waals surface area contributed by atoms with E-state index in [2.05, 4.69) is 25.5 Å². The molecule has 0 aliphatic heterocycles. The Morgan fingerprint density at radius 2 is 2.03 bits per heavy atom. The van der Waals surface area contributed by atoms with Crippen LogP contribution in [0.2, 0.25) is 0 Å². The molecule has 6 nitrogen and oxygen atoms in total. The molecule has 29 heavy (non-hydrogen) atoms. The molecule has 1 atom stereocenters. The molecule has 0 saturated carbocycles. The van der Waals surface area contributed by atoms with Crippen molar-refractivity contribution in [3.8, 4) is 0 Å². The van der Waals surface area contributed by atoms with Crippen LogP contribution in [-0.4, -0.2) is 26.1 Å². The molecule has 0 spiro atoms. The average molecular weight is 404 g/mol. The summed E-state index contributed by atoms with van der Waals surface area (Å²) in [5, 5.41) is 11.7. The smallest absolute Gasteiger partial charge is 0.231 e. The highest BCUT2D eigenvalue weighted by Gasteiger charge is 2.17. The van der Waals surface area contributed by atoms with E-state index >= 15 is 0 Å². The molecule has 0 fully saturated rings. The zero-order chi connectivity index (χ0) is 20.2. The molecule has 0 bridgehead atoms. The van der Waals surface area contributed by atoms with Crippen molar-refractivity contribution in [2.24, 2.45) is 0 Å². The number of aryl methyl sites for hydroxylation is 1. The van der Waals surface area contributed by atoms with Crippen LogP contribution in [0.3, 0.4) is 0 Å². The lowest BCUT2D eigenvalue weighted by atomic mass is 9.96. The highest BCUT2D eigenvalue weighted by atomic mass is 32.2. The number of aromatic amines is 1. The third kappa shape index (κ3) is 4.30. The third-order valence-electron chi connectivity index (χ3n) is 4.83. The average Bonchev–Trinajstić information content (AvgIpc) is 3.22. The van der Waals surface area contributed by atoms with Gasteiger partial charge in [0.15, 0.2) is 5.65 Å². The minimum Gasteiger partial charge on any atom is -0.326 e. The van der Waals surface area contributed by atoms with Crippen LogP contribution in [0.1, 0.15) is 29.5 Å². The standard InChI is InChI=1S/C22H21N5OS/c1-14-6-3-4-9-18(14)15(2)21(28)26-17-8-5-7-16(10-17)12-29-22-19-11-25-27-20(19)23-13-24-22/h3-11,13,15H,12H2,1-2H3,(H,26,28)(H,23,24,25,27). The Morgan fingerprint density at radius 1 is 1.17 bits per heavy atom. The highest BCUT2D eigenvalue weighted by Crippen LogP contribution is 2.27. The fourth-order valence-corrected chi connectivity index (χ4v) is 4.12. The van der Waals surface area contributed by atoms with E-state index < -0.39 is 0 Å². The van der Waals surface area contributed by atoms with Gasteiger partial charge < -0.3 is 5.32 Å². The Kier molecular flexibility index (Phi) is 5.57. The molecule has 0 radical (unpaired) electrons. The van der Waals surface area contributed by atoms with E-state index in [1.54, 1.807) is 18.0 Å². The third-order valence-corrected chi connectivity index (χ3v) is 5.91. The molecule has 0 aliphatic carbocycles. The Morgan fingerprint density at radius 3 is 2.90 bits per heavy atom. The molecule has 1 amide bonds. The van der Waals surface area contributed by atoms with Crippen LogP contribution >= 0.6 is 11.8 Å². The fraction of sp³-hybridized carbons (Fsp3) is 0.182. The van der Waals surface area contributed by atoms with Crippen LogP contribution in [0, 0.1) is 6.92 Å². The summed E-state index contributed by atoms with van der Waals surface area (Å²) in [6, 6.07) is 15.9. The second-order valence-corrected chi connectivity index (χ2v) is 7.83. The van der Waals surface area contributed by atoms with Crippen molar-refractivity contribution in [1.29, 1.82) is 0 Å². The van der Waals surface area contributed by atoms with Crippen LogP contribution in [0.15, 0.2) is 66.1 Å². The summed E-state index contributed by atoms with van der Waals surface area (Å²) in [5.74, 6) is 0.499. The highest BCUT2D eigenvalue weighted by molar-refractivity contribution is 7.98. The number of hydrogen-bond acceptors (Lipinski definition) is 5. The van der Waals surface area contributed by atoms with Gasteiger partial charge in [0.25, 0.3) is 0 Å². The first-order valence-electron chi connectivity index (χ1n) is 9.34. The van der Waals surface area contributed by atoms with E-state index in [1.165, 1.54) is 6.33 Å². The predicted octanol–water partition coefficient (Wildman–Crippen LogP) is 4.70. The van der Waals surface area contributed by atoms with Gasteiger partial charge in [-0.25, -0.2) is 9.97 Å². The van der Waals surface area contributed by atoms with Crippen molar-refractivity contribution < 1.29 is 4.79 Å². The number of amides is 1. The quantitative estimate of drug-likeness (QED) is 0.360. The van der Waals surface area contributed by atoms with Crippen LogP contribution in [-0.2, 0) is 10.5 Å². The van der Waals surface area contributed by atoms with E-state index in [-0.39, 0.29) is 11.8 Å². The first kappa shape index (κ1) is 19.1. The zero-order valence-corrected chi connectivity index (χ0v) is 17.0. The lowest BCUT2D eigenvalue weighted by Crippen LogP contribution is -2.19. The van der Waals surface area contributed by atoms with Crippen LogP contribution < -0.4 is 5.32 Å². The molecule has 2 N–H and O–H groups in total. The first-order valence-corrected chi connectivity index (χ1v) is 10.3. The van der Waals surface area contributed by atoms with E-state index in [0.717, 1.165) is 44.2 Å². The second-order valence-electron chi connectivity index (χ2n) is 6.87. The van der Waals surface area contributed by atoms with E-state index in [1.807, 2.05) is 62.4 Å². The van der Waals surface area contributed by atoms with Gasteiger partial charge in [0, 0.05) is 11.4 Å². The van der Waals surface area contributed by atoms with E-state index in [4.69, 9.17) is 0 Å². The summed E-state index contributed by atoms with van der Waals surface area (Å²) in [6.07, 6.45) is 3.27. The molecule has 4 rings (SSSR count). The van der Waals surface area contributed by atoms with Crippen molar-refractivity contribution in [1.82, 2.24) is 20.2 Å². The summed E-state index contributed by atoms with van der Waals surface area (Å²) in [5.41, 5.74) is 4.80. The number of H-pyrrole nitrogens is 1. The van der Waals surface area contributed by atoms with Gasteiger partial charge in [-0.2, -0.15) is 5.10 Å². The monoisotopic (exact) mass is 403 g/mol. The van der Waals surface area contributed by atoms with Gasteiger partial charge in [0.05, 0.1) is 17.5 Å². The second kappa shape index (κ2) is 8.45. The number of carbonyl (C=O) groups excluding carboxylic acids is 1. The van der Waals surface area contributed by atoms with Crippen LogP contribution in [0.25, 0.3) is 11.0 Å². The number of carbonyl (C=O) groups is 1. The number of benzene rings is 2. The van der Waals surface area contributed by atoms with Crippen LogP contribution in [0.4, 0.5) is 5.69 Å². The number of hydrogen-bond donors (Lipinski definition) is 2. The van der Waals surface area contributed by atoms with Gasteiger partial charge in [-0.05, 0) is 42.7 Å². The molecule has 2 aromatic heterocycles. The van der Waals surface area contributed by atoms with Gasteiger partial charge in [0.2, 0.25) is 5.91 Å². The molecule has 1 unspecified atom stereocenters. The van der Waals surface area contributed by atoms with Crippen LogP contribution in [0.5, 0.6) is 0 Å². The fourth-order valence-electron chi connectivity index (χ4n) is 3.21. The maximum Gasteiger partial charge on any atom is 0.231 e. The molecule has 2 aromatic carbocycles. The van der Waals surface area contributed by atoms with Gasteiger partial charge in [0.1, 0.15) is 11.4 Å². The molecular formula is C22H21N5OS. The molecule has 7 heteroatoms. The summed E-state index contributed by atoms with van der Waals surface area (Å²) in [7, 11) is 0. The van der Waals surface area contributed by atoms with Gasteiger partial charge in [-0.15, -0.1) is 11.8 Å². The van der Waals surface area contributed by atoms with Crippen molar-refractivity contribution >= 4 is 34.4 Å². The Balaban J connectivity index is 1.44. The summed E-state index contributed by atoms with van der Waals surface area (Å²) >= 11 is 1.62. The number of nitrogens with one attached hydrogen (secondary N) is 2. The van der Waals surface area contributed by atoms with Crippen molar-refractivity contribution in [2.75, 3.05) is 5.32 Å². The van der Waals surface area contributed by atoms with Gasteiger partial charge in [-0.3, -0.25) is 9.89 Å². The SMILES string of the molecule is Cc1ccccc1C(C)C(=O)Nc1cccc(CSc2ncnc3[nH]ncc23)c1. The van der Waals surface area contributed by atoms with E-state index in [9.17, 15) is 4.79 Å². The van der Waals surface area contributed by atoms with Crippen molar-refractivity contribution in [3.05, 3.63) is 77.7 Å². The Labute approximate surface area is 173 Å². The van der Waals surface area contributed by atoms with Crippen molar-refractivity contribution in [3.63, 3.8) is 0 Å². The molecule has 146 valence electrons. The number of rotatable bonds is 6. The molecule has 0 aliphatic rings. The number of thioether (sulfide) groups is 1. The predicted molar refractivity (Wildman–Crippen MR) is 116 cm³/mol. The number of nitrogens with zero attached hydrogens (tertiary/aromatic N) is 3. The minimum absolute atomic E-state index is 0.0139. The molecule has 0 saturated heterocycles. The van der Waals surface area contributed by atoms with Crippen molar-refractivity contribution in [2.45, 2.75) is 30.5 Å². The minimum atomic E-state index is -0.218. The summed E-state index contributed by atoms with van der Waals surface area (Å²) in [4.78, 5) is 21.2. The number of fused-ring (bicyclic) bond motifs is 1. The summed E-state index contributed by atoms with van der Waals surface area (Å²) < 4.78 is 0. The Bertz CT molecular complexity index is 1160. The zero-order valence-electron chi connectivity index (χ0n) is 16.2. The molecule has 4 aromatic rings. The largest absolute Gasteiger partial charge is 0.326 e. The lowest BCUT2D eigenvalue weighted by molar-refractivity contribution is -0.117. The molecular weight excluding hydrogens is 382 g/mol. The first-order chi connectivity index (χ1) is 14.1. The topological polar surface area (TPSA) is 83.6 Å². The maximum atomic E-state index is 12.7. The van der Waals surface area contributed by atoms with E-state index in [0.29, 0.717) is 0 Å².